The molecule has 6 nitrogen and oxygen atoms in total. The quantitative estimate of drug-likeness (QED) is 0.480. The van der Waals surface area contributed by atoms with Crippen molar-refractivity contribution in [3.63, 3.8) is 0 Å². The van der Waals surface area contributed by atoms with Crippen LogP contribution in [0.4, 0.5) is 8.78 Å². The number of alkyl halides is 2. The molecule has 0 saturated carbocycles. The number of guanidine groups is 1. The van der Waals surface area contributed by atoms with Crippen molar-refractivity contribution < 1.29 is 18.3 Å². The molecule has 0 aliphatic rings. The van der Waals surface area contributed by atoms with E-state index in [-0.39, 0.29) is 18.8 Å². The second-order valence-electron chi connectivity index (χ2n) is 5.93. The molecule has 1 rings (SSSR count). The van der Waals surface area contributed by atoms with Crippen LogP contribution in [0.2, 0.25) is 5.02 Å². The van der Waals surface area contributed by atoms with E-state index in [4.69, 9.17) is 17.3 Å². The van der Waals surface area contributed by atoms with Crippen molar-refractivity contribution in [3.8, 4) is 5.75 Å². The van der Waals surface area contributed by atoms with Gasteiger partial charge in [0.1, 0.15) is 5.75 Å². The molecule has 0 aliphatic carbocycles. The first-order chi connectivity index (χ1) is 11.7. The molecule has 0 unspecified atom stereocenters. The van der Waals surface area contributed by atoms with Crippen molar-refractivity contribution >= 4 is 23.5 Å². The van der Waals surface area contributed by atoms with E-state index in [1.54, 1.807) is 13.8 Å². The van der Waals surface area contributed by atoms with Crippen LogP contribution >= 0.6 is 11.6 Å². The number of ether oxygens (including phenoxy) is 1. The molecule has 140 valence electrons. The first-order valence-electron chi connectivity index (χ1n) is 7.71. The van der Waals surface area contributed by atoms with Gasteiger partial charge in [0.25, 0.3) is 0 Å². The minimum absolute atomic E-state index is 0.0106. The van der Waals surface area contributed by atoms with Gasteiger partial charge in [0.2, 0.25) is 5.91 Å². The lowest BCUT2D eigenvalue weighted by molar-refractivity contribution is -0.125. The Kier molecular flexibility index (Phi) is 7.89. The van der Waals surface area contributed by atoms with Gasteiger partial charge in [-0.15, -0.1) is 0 Å². The number of nitrogens with two attached hydrogens (primary N) is 1. The van der Waals surface area contributed by atoms with Gasteiger partial charge in [-0.2, -0.15) is 8.78 Å². The molecule has 0 bridgehead atoms. The topological polar surface area (TPSA) is 88.7 Å². The van der Waals surface area contributed by atoms with E-state index in [0.717, 1.165) is 0 Å². The third kappa shape index (κ3) is 7.13. The molecule has 4 N–H and O–H groups in total. The van der Waals surface area contributed by atoms with Crippen LogP contribution < -0.4 is 21.1 Å². The molecular formula is C16H23ClF2N4O2. The van der Waals surface area contributed by atoms with E-state index in [1.165, 1.54) is 18.2 Å². The Morgan fingerprint density at radius 1 is 1.40 bits per heavy atom. The standard InChI is InChI=1S/C16H23ClF2N4O2/c1-4-21-15(23-9-16(2,3)13(20)24)22-8-10-7-11(17)5-6-12(10)25-14(18)19/h5-7,14H,4,8-9H2,1-3H3,(H2,20,24)(H2,21,22,23). The lowest BCUT2D eigenvalue weighted by Gasteiger charge is -2.22. The van der Waals surface area contributed by atoms with Gasteiger partial charge in [0.05, 0.1) is 12.0 Å². The third-order valence-corrected chi connectivity index (χ3v) is 3.59. The summed E-state index contributed by atoms with van der Waals surface area (Å²) >= 11 is 5.91. The Bertz CT molecular complexity index is 624. The number of hydrogen-bond acceptors (Lipinski definition) is 3. The van der Waals surface area contributed by atoms with Gasteiger partial charge in [0.15, 0.2) is 5.96 Å². The second-order valence-corrected chi connectivity index (χ2v) is 6.36. The monoisotopic (exact) mass is 376 g/mol. The summed E-state index contributed by atoms with van der Waals surface area (Å²) in [6.45, 7) is 3.26. The molecule has 1 aromatic carbocycles. The summed E-state index contributed by atoms with van der Waals surface area (Å²) in [5, 5.41) is 6.40. The van der Waals surface area contributed by atoms with Gasteiger partial charge in [-0.3, -0.25) is 4.79 Å². The van der Waals surface area contributed by atoms with Gasteiger partial charge in [-0.25, -0.2) is 4.99 Å². The minimum Gasteiger partial charge on any atom is -0.434 e. The number of rotatable bonds is 8. The number of carbonyl (C=O) groups excluding carboxylic acids is 1. The van der Waals surface area contributed by atoms with E-state index in [9.17, 15) is 13.6 Å². The summed E-state index contributed by atoms with van der Waals surface area (Å²) in [7, 11) is 0. The number of halogens is 3. The minimum atomic E-state index is -2.94. The van der Waals surface area contributed by atoms with Crippen LogP contribution in [-0.2, 0) is 11.3 Å². The molecule has 1 aromatic rings. The highest BCUT2D eigenvalue weighted by Crippen LogP contribution is 2.25. The Balaban J connectivity index is 2.90. The molecule has 0 radical (unpaired) electrons. The van der Waals surface area contributed by atoms with Crippen LogP contribution in [-0.4, -0.2) is 31.6 Å². The van der Waals surface area contributed by atoms with Crippen LogP contribution in [0.3, 0.4) is 0 Å². The summed E-state index contributed by atoms with van der Waals surface area (Å²) in [4.78, 5) is 15.7. The van der Waals surface area contributed by atoms with Crippen molar-refractivity contribution in [1.82, 2.24) is 10.6 Å². The van der Waals surface area contributed by atoms with Gasteiger partial charge in [-0.1, -0.05) is 11.6 Å². The highest BCUT2D eigenvalue weighted by Gasteiger charge is 2.25. The predicted octanol–water partition coefficient (Wildman–Crippen LogP) is 2.51. The first-order valence-corrected chi connectivity index (χ1v) is 8.09. The maximum atomic E-state index is 12.5. The number of primary amides is 1. The van der Waals surface area contributed by atoms with Crippen molar-refractivity contribution in [2.75, 3.05) is 13.1 Å². The lowest BCUT2D eigenvalue weighted by atomic mass is 9.93. The first kappa shape index (κ1) is 21.0. The highest BCUT2D eigenvalue weighted by molar-refractivity contribution is 6.30. The van der Waals surface area contributed by atoms with E-state index in [2.05, 4.69) is 20.4 Å². The van der Waals surface area contributed by atoms with Crippen LogP contribution in [0.25, 0.3) is 0 Å². The largest absolute Gasteiger partial charge is 0.434 e. The number of benzene rings is 1. The van der Waals surface area contributed by atoms with E-state index in [1.807, 2.05) is 6.92 Å². The average molecular weight is 377 g/mol. The second kappa shape index (κ2) is 9.41. The van der Waals surface area contributed by atoms with Gasteiger partial charge >= 0.3 is 6.61 Å². The lowest BCUT2D eigenvalue weighted by Crippen LogP contribution is -2.46. The van der Waals surface area contributed by atoms with E-state index < -0.39 is 17.9 Å². The number of hydrogen-bond donors (Lipinski definition) is 3. The Morgan fingerprint density at radius 2 is 2.08 bits per heavy atom. The molecule has 9 heteroatoms. The van der Waals surface area contributed by atoms with Crippen LogP contribution in [0, 0.1) is 5.41 Å². The third-order valence-electron chi connectivity index (χ3n) is 3.36. The number of nitrogens with zero attached hydrogens (tertiary/aromatic N) is 1. The maximum Gasteiger partial charge on any atom is 0.387 e. The van der Waals surface area contributed by atoms with Gasteiger partial charge in [-0.05, 0) is 39.0 Å². The molecule has 25 heavy (non-hydrogen) atoms. The summed E-state index contributed by atoms with van der Waals surface area (Å²) < 4.78 is 29.5. The molecule has 0 atom stereocenters. The summed E-state index contributed by atoms with van der Waals surface area (Å²) in [5.41, 5.74) is 4.99. The molecule has 0 spiro atoms. The molecule has 1 amide bonds. The average Bonchev–Trinajstić information content (AvgIpc) is 2.51. The fourth-order valence-electron chi connectivity index (χ4n) is 1.78. The van der Waals surface area contributed by atoms with Crippen molar-refractivity contribution in [3.05, 3.63) is 28.8 Å². The number of aliphatic imine (C=N–C) groups is 1. The zero-order chi connectivity index (χ0) is 19.0. The number of nitrogens with one attached hydrogen (secondary N) is 2. The van der Waals surface area contributed by atoms with Crippen molar-refractivity contribution in [1.29, 1.82) is 0 Å². The van der Waals surface area contributed by atoms with Crippen LogP contribution in [0.15, 0.2) is 23.2 Å². The normalized spacial score (nSPS) is 12.2. The summed E-state index contributed by atoms with van der Waals surface area (Å²) in [6, 6.07) is 4.35. The Labute approximate surface area is 150 Å². The molecular weight excluding hydrogens is 354 g/mol. The van der Waals surface area contributed by atoms with Gasteiger partial charge in [0, 0.05) is 23.7 Å². The predicted molar refractivity (Wildman–Crippen MR) is 93.9 cm³/mol. The highest BCUT2D eigenvalue weighted by atomic mass is 35.5. The van der Waals surface area contributed by atoms with Crippen molar-refractivity contribution in [2.24, 2.45) is 16.1 Å². The fraction of sp³-hybridized carbons (Fsp3) is 0.500. The number of carbonyl (C=O) groups is 1. The van der Waals surface area contributed by atoms with Crippen molar-refractivity contribution in [2.45, 2.75) is 33.9 Å². The van der Waals surface area contributed by atoms with Crippen LogP contribution in [0.1, 0.15) is 26.3 Å². The van der Waals surface area contributed by atoms with E-state index >= 15 is 0 Å². The maximum absolute atomic E-state index is 12.5. The molecule has 0 heterocycles. The Morgan fingerprint density at radius 3 is 2.64 bits per heavy atom. The summed E-state index contributed by atoms with van der Waals surface area (Å²) in [6.07, 6.45) is 0. The molecule has 0 saturated heterocycles. The van der Waals surface area contributed by atoms with E-state index in [0.29, 0.717) is 23.1 Å². The zero-order valence-corrected chi connectivity index (χ0v) is 15.2. The summed E-state index contributed by atoms with van der Waals surface area (Å²) in [5.74, 6) is -0.0189. The smallest absolute Gasteiger partial charge is 0.387 e. The number of amides is 1. The zero-order valence-electron chi connectivity index (χ0n) is 14.4. The van der Waals surface area contributed by atoms with Gasteiger partial charge < -0.3 is 21.1 Å². The fourth-order valence-corrected chi connectivity index (χ4v) is 1.98. The molecule has 0 aromatic heterocycles. The SMILES string of the molecule is CCNC(=NCc1cc(Cl)ccc1OC(F)F)NCC(C)(C)C(N)=O. The Hall–Kier alpha value is -2.09. The molecule has 0 fully saturated rings. The molecule has 0 aliphatic heterocycles. The van der Waals surface area contributed by atoms with Crippen LogP contribution in [0.5, 0.6) is 5.75 Å².